The van der Waals surface area contributed by atoms with Gasteiger partial charge in [-0.05, 0) is 88.5 Å². The largest absolute Gasteiger partial charge is 0.310 e. The van der Waals surface area contributed by atoms with Crippen LogP contribution in [0.15, 0.2) is 189 Å². The molecule has 62 heavy (non-hydrogen) atoms. The minimum atomic E-state index is -0.409. The van der Waals surface area contributed by atoms with E-state index in [1.165, 1.54) is 49.1 Å². The Morgan fingerprint density at radius 3 is 2.08 bits per heavy atom. The van der Waals surface area contributed by atoms with Gasteiger partial charge in [-0.1, -0.05) is 148 Å². The predicted octanol–water partition coefficient (Wildman–Crippen LogP) is 14.6. The second kappa shape index (κ2) is 13.6. The first-order chi connectivity index (χ1) is 30.5. The van der Waals surface area contributed by atoms with E-state index in [-0.39, 0.29) is 0 Å². The average molecular weight is 796 g/mol. The zero-order valence-corrected chi connectivity index (χ0v) is 34.8. The van der Waals surface area contributed by atoms with Crippen molar-refractivity contribution in [2.45, 2.75) is 26.2 Å². The Hall–Kier alpha value is -7.89. The number of hydrogen-bond donors (Lipinski definition) is 0. The van der Waals surface area contributed by atoms with Crippen LogP contribution in [0.2, 0.25) is 0 Å². The summed E-state index contributed by atoms with van der Waals surface area (Å²) in [6, 6.07) is 54.6. The lowest BCUT2D eigenvalue weighted by Gasteiger charge is -2.23. The summed E-state index contributed by atoms with van der Waals surface area (Å²) >= 11 is 0. The Bertz CT molecular complexity index is 3750. The van der Waals surface area contributed by atoms with Gasteiger partial charge in [0.05, 0.1) is 39.0 Å². The highest BCUT2D eigenvalue weighted by molar-refractivity contribution is 6.27. The van der Waals surface area contributed by atoms with E-state index in [9.17, 15) is 0 Å². The Kier molecular flexibility index (Phi) is 7.88. The molecule has 0 saturated carbocycles. The molecule has 0 fully saturated rings. The van der Waals surface area contributed by atoms with Gasteiger partial charge in [0.25, 0.3) is 0 Å². The fraction of sp³-hybridized carbons (Fsp3) is 0.0702. The molecule has 0 spiro atoms. The highest BCUT2D eigenvalue weighted by Gasteiger charge is 2.41. The monoisotopic (exact) mass is 795 g/mol. The molecule has 11 aromatic rings. The molecular weight excluding hydrogens is 755 g/mol. The summed E-state index contributed by atoms with van der Waals surface area (Å²) in [5.41, 5.74) is 15.1. The van der Waals surface area contributed by atoms with Gasteiger partial charge in [-0.25, -0.2) is 9.97 Å². The molecule has 0 aliphatic heterocycles. The molecule has 0 amide bonds. The van der Waals surface area contributed by atoms with Crippen molar-refractivity contribution in [2.75, 3.05) is 0 Å². The first-order valence-electron chi connectivity index (χ1n) is 21.3. The molecular formula is C57H41N5. The summed E-state index contributed by atoms with van der Waals surface area (Å²) in [6.07, 6.45) is 10.0. The summed E-state index contributed by atoms with van der Waals surface area (Å²) in [4.78, 5) is 16.0. The molecule has 4 heterocycles. The van der Waals surface area contributed by atoms with Crippen LogP contribution in [0.5, 0.6) is 0 Å². The quantitative estimate of drug-likeness (QED) is 0.158. The summed E-state index contributed by atoms with van der Waals surface area (Å²) in [6.45, 7) is 10.6. The van der Waals surface area contributed by atoms with Crippen LogP contribution in [-0.2, 0) is 5.41 Å². The van der Waals surface area contributed by atoms with E-state index in [2.05, 4.69) is 200 Å². The maximum atomic E-state index is 5.52. The van der Waals surface area contributed by atoms with Gasteiger partial charge in [0, 0.05) is 55.4 Å². The minimum Gasteiger partial charge on any atom is -0.310 e. The number of pyridine rings is 1. The van der Waals surface area contributed by atoms with E-state index in [1.807, 2.05) is 18.3 Å². The summed E-state index contributed by atoms with van der Waals surface area (Å²) in [7, 11) is 0. The van der Waals surface area contributed by atoms with E-state index in [0.717, 1.165) is 66.6 Å². The molecule has 1 aliphatic rings. The molecule has 5 heteroatoms. The molecule has 5 nitrogen and oxygen atoms in total. The van der Waals surface area contributed by atoms with Crippen LogP contribution in [-0.4, -0.2) is 24.1 Å². The van der Waals surface area contributed by atoms with Crippen LogP contribution in [0.3, 0.4) is 0 Å². The van der Waals surface area contributed by atoms with Gasteiger partial charge >= 0.3 is 0 Å². The zero-order chi connectivity index (χ0) is 41.7. The Morgan fingerprint density at radius 1 is 0.613 bits per heavy atom. The number of nitrogens with zero attached hydrogens (tertiary/aromatic N) is 5. The summed E-state index contributed by atoms with van der Waals surface area (Å²) in [5.74, 6) is 0.645. The average Bonchev–Trinajstić information content (AvgIpc) is 3.92. The normalized spacial score (nSPS) is 13.6. The Balaban J connectivity index is 1.20. The number of benzene rings is 7. The number of allylic oxidation sites excluding steroid dienone is 5. The lowest BCUT2D eigenvalue weighted by Crippen LogP contribution is -2.18. The van der Waals surface area contributed by atoms with Crippen molar-refractivity contribution < 1.29 is 0 Å². The van der Waals surface area contributed by atoms with Crippen molar-refractivity contribution in [3.63, 3.8) is 0 Å². The molecule has 0 saturated heterocycles. The van der Waals surface area contributed by atoms with E-state index in [4.69, 9.17) is 15.0 Å². The molecule has 294 valence electrons. The fourth-order valence-corrected chi connectivity index (χ4v) is 10.3. The van der Waals surface area contributed by atoms with E-state index in [0.29, 0.717) is 5.95 Å². The van der Waals surface area contributed by atoms with E-state index >= 15 is 0 Å². The molecule has 12 rings (SSSR count). The van der Waals surface area contributed by atoms with Crippen molar-refractivity contribution in [3.05, 3.63) is 200 Å². The highest BCUT2D eigenvalue weighted by atomic mass is 15.2. The second-order valence-electron chi connectivity index (χ2n) is 16.8. The van der Waals surface area contributed by atoms with Crippen LogP contribution >= 0.6 is 0 Å². The van der Waals surface area contributed by atoms with Crippen LogP contribution in [0.1, 0.15) is 32.0 Å². The molecule has 0 bridgehead atoms. The van der Waals surface area contributed by atoms with Gasteiger partial charge < -0.3 is 4.57 Å². The lowest BCUT2D eigenvalue weighted by molar-refractivity contribution is 0.640. The van der Waals surface area contributed by atoms with Crippen molar-refractivity contribution in [1.29, 1.82) is 0 Å². The Morgan fingerprint density at radius 2 is 1.29 bits per heavy atom. The van der Waals surface area contributed by atoms with Crippen LogP contribution in [0.25, 0.3) is 110 Å². The highest BCUT2D eigenvalue weighted by Crippen LogP contribution is 2.56. The molecule has 0 radical (unpaired) electrons. The van der Waals surface area contributed by atoms with Crippen molar-refractivity contribution in [2.24, 2.45) is 0 Å². The zero-order valence-electron chi connectivity index (χ0n) is 34.8. The van der Waals surface area contributed by atoms with Crippen molar-refractivity contribution >= 4 is 71.0 Å². The molecule has 7 aromatic carbocycles. The third-order valence-electron chi connectivity index (χ3n) is 13.0. The standard InChI is InChI=1S/C57H41N5/c1-5-7-20-38(6-2)61-47-27-16-14-21-39(47)44-33-36(28-30-48(44)61)37-29-31-49-45(34-37)51-41-23-12-11-22-40(41)50-43-25-17-32-58-55(43)57(3,4)52(50)54(51)62(49)56-59-46-26-15-13-24-42(46)53(60-56)35-18-9-8-10-19-35/h5-34H,1H2,2-4H3/b20-7-,38-6+. The van der Waals surface area contributed by atoms with Gasteiger partial charge in [0.1, 0.15) is 0 Å². The van der Waals surface area contributed by atoms with Gasteiger partial charge in [0.15, 0.2) is 0 Å². The first-order valence-corrected chi connectivity index (χ1v) is 21.3. The van der Waals surface area contributed by atoms with E-state index < -0.39 is 5.41 Å². The maximum Gasteiger partial charge on any atom is 0.235 e. The van der Waals surface area contributed by atoms with Gasteiger partial charge in [-0.2, -0.15) is 0 Å². The van der Waals surface area contributed by atoms with Gasteiger partial charge in [0.2, 0.25) is 5.95 Å². The number of aromatic nitrogens is 5. The summed E-state index contributed by atoms with van der Waals surface area (Å²) < 4.78 is 4.69. The van der Waals surface area contributed by atoms with Crippen LogP contribution < -0.4 is 0 Å². The molecule has 0 unspecified atom stereocenters. The molecule has 1 aliphatic carbocycles. The van der Waals surface area contributed by atoms with Crippen molar-refractivity contribution in [1.82, 2.24) is 24.1 Å². The number of fused-ring (bicyclic) bond motifs is 14. The van der Waals surface area contributed by atoms with E-state index in [1.54, 1.807) is 0 Å². The number of para-hydroxylation sites is 2. The molecule has 4 aromatic heterocycles. The molecule has 0 N–H and O–H groups in total. The second-order valence-corrected chi connectivity index (χ2v) is 16.8. The van der Waals surface area contributed by atoms with Gasteiger partial charge in [-0.3, -0.25) is 9.55 Å². The minimum absolute atomic E-state index is 0.409. The van der Waals surface area contributed by atoms with Crippen LogP contribution in [0, 0.1) is 0 Å². The number of rotatable bonds is 6. The smallest absolute Gasteiger partial charge is 0.235 e. The SMILES string of the molecule is C=C/C=C\C(=C/C)n1c2ccccc2c2cc(-c3ccc4c(c3)c3c5ccccc5c5c(c3n4-c3nc(-c4ccccc4)c4ccccc4n3)C(C)(C)c3ncccc3-5)ccc21. The molecule has 0 atom stereocenters. The lowest BCUT2D eigenvalue weighted by atomic mass is 9.82. The third-order valence-corrected chi connectivity index (χ3v) is 13.0. The third kappa shape index (κ3) is 5.05. The van der Waals surface area contributed by atoms with Gasteiger partial charge in [-0.15, -0.1) is 0 Å². The van der Waals surface area contributed by atoms with Crippen molar-refractivity contribution in [3.8, 4) is 39.5 Å². The van der Waals surface area contributed by atoms with Crippen LogP contribution in [0.4, 0.5) is 0 Å². The summed E-state index contributed by atoms with van der Waals surface area (Å²) in [5, 5.41) is 8.22. The first kappa shape index (κ1) is 36.0. The number of hydrogen-bond acceptors (Lipinski definition) is 3. The fourth-order valence-electron chi connectivity index (χ4n) is 10.3. The Labute approximate surface area is 359 Å². The maximum absolute atomic E-state index is 5.52. The predicted molar refractivity (Wildman–Crippen MR) is 260 cm³/mol. The topological polar surface area (TPSA) is 48.5 Å².